The number of nitrogens with one attached hydrogen (secondary N) is 1. The summed E-state index contributed by atoms with van der Waals surface area (Å²) in [5.74, 6) is -0.984. The number of aliphatic hydroxyl groups is 1. The number of hydrogen-bond acceptors (Lipinski definition) is 4. The molecule has 0 rings (SSSR count). The Balaban J connectivity index is 3.91. The minimum Gasteiger partial charge on any atom is -0.387 e. The van der Waals surface area contributed by atoms with Crippen LogP contribution in [0.15, 0.2) is 24.3 Å². The number of carbonyl (C=O) groups excluding carboxylic acids is 1. The molecule has 290 valence electrons. The van der Waals surface area contributed by atoms with Crippen molar-refractivity contribution in [3.05, 3.63) is 24.3 Å². The summed E-state index contributed by atoms with van der Waals surface area (Å²) >= 11 is 0. The molecule has 0 spiro atoms. The fourth-order valence-corrected chi connectivity index (χ4v) is 7.18. The lowest BCUT2D eigenvalue weighted by Gasteiger charge is -2.21. The fourth-order valence-electron chi connectivity index (χ4n) is 6.44. The molecule has 0 radical (unpaired) electrons. The lowest BCUT2D eigenvalue weighted by molar-refractivity contribution is -0.122. The Morgan fingerprint density at radius 2 is 0.857 bits per heavy atom. The van der Waals surface area contributed by atoms with Crippen molar-refractivity contribution in [2.75, 3.05) is 5.75 Å². The first-order valence-corrected chi connectivity index (χ1v) is 22.6. The first-order valence-electron chi connectivity index (χ1n) is 21.0. The van der Waals surface area contributed by atoms with Crippen molar-refractivity contribution in [1.82, 2.24) is 5.32 Å². The average Bonchev–Trinajstić information content (AvgIpc) is 3.06. The molecule has 0 saturated carbocycles. The van der Waals surface area contributed by atoms with Crippen LogP contribution in [-0.4, -0.2) is 41.9 Å². The van der Waals surface area contributed by atoms with Crippen molar-refractivity contribution in [3.8, 4) is 0 Å². The summed E-state index contributed by atoms with van der Waals surface area (Å²) in [6.07, 6.45) is 45.9. The zero-order valence-corrected chi connectivity index (χ0v) is 33.1. The summed E-state index contributed by atoms with van der Waals surface area (Å²) in [7, 11) is -4.34. The smallest absolute Gasteiger partial charge is 0.267 e. The van der Waals surface area contributed by atoms with E-state index in [1.54, 1.807) is 6.08 Å². The summed E-state index contributed by atoms with van der Waals surface area (Å²) in [4.78, 5) is 12.5. The van der Waals surface area contributed by atoms with E-state index in [0.717, 1.165) is 57.8 Å². The van der Waals surface area contributed by atoms with E-state index < -0.39 is 28.0 Å². The van der Waals surface area contributed by atoms with Gasteiger partial charge in [0, 0.05) is 6.42 Å². The molecule has 1 amide bonds. The number of unbranched alkanes of at least 4 members (excludes halogenated alkanes) is 28. The second-order valence-electron chi connectivity index (χ2n) is 14.6. The van der Waals surface area contributed by atoms with E-state index in [1.165, 1.54) is 141 Å². The zero-order valence-electron chi connectivity index (χ0n) is 32.3. The van der Waals surface area contributed by atoms with Crippen molar-refractivity contribution >= 4 is 16.0 Å². The Kier molecular flexibility index (Phi) is 35.7. The number of allylic oxidation sites excluding steroid dienone is 3. The third-order valence-corrected chi connectivity index (χ3v) is 10.4. The summed E-state index contributed by atoms with van der Waals surface area (Å²) in [5.41, 5.74) is 0. The van der Waals surface area contributed by atoms with E-state index in [2.05, 4.69) is 31.3 Å². The Hall–Kier alpha value is -1.18. The van der Waals surface area contributed by atoms with Gasteiger partial charge in [0.05, 0.1) is 17.9 Å². The number of hydrogen-bond donors (Lipinski definition) is 3. The van der Waals surface area contributed by atoms with Gasteiger partial charge < -0.3 is 10.4 Å². The number of carbonyl (C=O) groups is 1. The molecular weight excluding hydrogens is 631 g/mol. The first kappa shape index (κ1) is 47.8. The van der Waals surface area contributed by atoms with Gasteiger partial charge in [0.1, 0.15) is 0 Å². The number of amides is 1. The SMILES string of the molecule is CCCCCCCCC/C=C\CCCCCCCC(=O)NC(CS(=O)(=O)O)C(O)/C=C/CCCCCCCCCCCCCCCCCC. The molecule has 2 unspecified atom stereocenters. The highest BCUT2D eigenvalue weighted by molar-refractivity contribution is 7.85. The number of aliphatic hydroxyl groups excluding tert-OH is 1. The van der Waals surface area contributed by atoms with Crippen LogP contribution in [0.2, 0.25) is 0 Å². The maximum absolute atomic E-state index is 12.5. The third kappa shape index (κ3) is 37.9. The van der Waals surface area contributed by atoms with E-state index in [-0.39, 0.29) is 12.3 Å². The van der Waals surface area contributed by atoms with Crippen LogP contribution in [0, 0.1) is 0 Å². The van der Waals surface area contributed by atoms with E-state index >= 15 is 0 Å². The van der Waals surface area contributed by atoms with Crippen LogP contribution < -0.4 is 5.32 Å². The standard InChI is InChI=1S/C42H81NO5S/c1-3-5-7-9-11-13-15-17-19-21-22-23-25-27-29-31-33-35-37-41(44)40(39-49(46,47)48)43-42(45)38-36-34-32-30-28-26-24-20-18-16-14-12-10-8-6-4-2/h20,24,35,37,40-41,44H,3-19,21-23,25-34,36,38-39H2,1-2H3,(H,43,45)(H,46,47,48)/b24-20-,37-35+. The highest BCUT2D eigenvalue weighted by Gasteiger charge is 2.24. The lowest BCUT2D eigenvalue weighted by atomic mass is 10.0. The van der Waals surface area contributed by atoms with Gasteiger partial charge >= 0.3 is 0 Å². The predicted molar refractivity (Wildman–Crippen MR) is 212 cm³/mol. The molecule has 0 aliphatic heterocycles. The Bertz CT molecular complexity index is 872. The van der Waals surface area contributed by atoms with Gasteiger partial charge in [-0.1, -0.05) is 192 Å². The Labute approximate surface area is 304 Å². The molecule has 0 bridgehead atoms. The van der Waals surface area contributed by atoms with Crippen molar-refractivity contribution in [1.29, 1.82) is 0 Å². The summed E-state index contributed by atoms with van der Waals surface area (Å²) in [6, 6.07) is -1.06. The van der Waals surface area contributed by atoms with Gasteiger partial charge in [0.25, 0.3) is 10.1 Å². The van der Waals surface area contributed by atoms with E-state index in [1.807, 2.05) is 6.08 Å². The van der Waals surface area contributed by atoms with E-state index in [0.29, 0.717) is 0 Å². The van der Waals surface area contributed by atoms with E-state index in [9.17, 15) is 22.9 Å². The highest BCUT2D eigenvalue weighted by Crippen LogP contribution is 2.15. The predicted octanol–water partition coefficient (Wildman–Crippen LogP) is 12.4. The van der Waals surface area contributed by atoms with Crippen molar-refractivity contribution < 1.29 is 22.9 Å². The molecule has 2 atom stereocenters. The second-order valence-corrected chi connectivity index (χ2v) is 16.1. The Morgan fingerprint density at radius 3 is 1.22 bits per heavy atom. The van der Waals surface area contributed by atoms with Crippen LogP contribution in [0.3, 0.4) is 0 Å². The minimum atomic E-state index is -4.34. The maximum Gasteiger partial charge on any atom is 0.267 e. The Morgan fingerprint density at radius 1 is 0.531 bits per heavy atom. The van der Waals surface area contributed by atoms with Crippen LogP contribution in [-0.2, 0) is 14.9 Å². The van der Waals surface area contributed by atoms with Gasteiger partial charge in [-0.25, -0.2) is 0 Å². The quantitative estimate of drug-likeness (QED) is 0.0336. The summed E-state index contributed by atoms with van der Waals surface area (Å²) < 4.78 is 32.5. The molecule has 49 heavy (non-hydrogen) atoms. The molecule has 7 heteroatoms. The monoisotopic (exact) mass is 712 g/mol. The summed E-state index contributed by atoms with van der Waals surface area (Å²) in [6.45, 7) is 4.53. The van der Waals surface area contributed by atoms with Gasteiger partial charge in [0.15, 0.2) is 0 Å². The molecule has 0 aromatic rings. The van der Waals surface area contributed by atoms with Crippen LogP contribution in [0.4, 0.5) is 0 Å². The fraction of sp³-hybridized carbons (Fsp3) is 0.881. The summed E-state index contributed by atoms with van der Waals surface area (Å²) in [5, 5.41) is 13.2. The lowest BCUT2D eigenvalue weighted by Crippen LogP contribution is -2.46. The third-order valence-electron chi connectivity index (χ3n) is 9.62. The first-order chi connectivity index (χ1) is 23.8. The largest absolute Gasteiger partial charge is 0.387 e. The van der Waals surface area contributed by atoms with Crippen LogP contribution in [0.1, 0.15) is 219 Å². The molecule has 6 nitrogen and oxygen atoms in total. The highest BCUT2D eigenvalue weighted by atomic mass is 32.2. The van der Waals surface area contributed by atoms with Crippen LogP contribution >= 0.6 is 0 Å². The average molecular weight is 712 g/mol. The van der Waals surface area contributed by atoms with E-state index in [4.69, 9.17) is 0 Å². The van der Waals surface area contributed by atoms with Crippen LogP contribution in [0.5, 0.6) is 0 Å². The molecular formula is C42H81NO5S. The van der Waals surface area contributed by atoms with Gasteiger partial charge in [-0.15, -0.1) is 0 Å². The van der Waals surface area contributed by atoms with Crippen molar-refractivity contribution in [3.63, 3.8) is 0 Å². The molecule has 3 N–H and O–H groups in total. The second kappa shape index (κ2) is 36.6. The van der Waals surface area contributed by atoms with Crippen molar-refractivity contribution in [2.24, 2.45) is 0 Å². The van der Waals surface area contributed by atoms with Crippen molar-refractivity contribution in [2.45, 2.75) is 231 Å². The minimum absolute atomic E-state index is 0.285. The molecule has 0 heterocycles. The molecule has 0 saturated heterocycles. The maximum atomic E-state index is 12.5. The van der Waals surface area contributed by atoms with Gasteiger partial charge in [-0.3, -0.25) is 9.35 Å². The molecule has 0 aromatic carbocycles. The molecule has 0 aromatic heterocycles. The topological polar surface area (TPSA) is 104 Å². The zero-order chi connectivity index (χ0) is 36.1. The van der Waals surface area contributed by atoms with Gasteiger partial charge in [-0.05, 0) is 44.9 Å². The van der Waals surface area contributed by atoms with Crippen LogP contribution in [0.25, 0.3) is 0 Å². The van der Waals surface area contributed by atoms with Gasteiger partial charge in [-0.2, -0.15) is 8.42 Å². The normalized spacial score (nSPS) is 13.5. The number of rotatable bonds is 38. The molecule has 0 fully saturated rings. The van der Waals surface area contributed by atoms with Gasteiger partial charge in [0.2, 0.25) is 5.91 Å². The molecule has 0 aliphatic rings. The molecule has 0 aliphatic carbocycles.